The van der Waals surface area contributed by atoms with E-state index in [4.69, 9.17) is 4.74 Å². The van der Waals surface area contributed by atoms with Crippen LogP contribution in [0.1, 0.15) is 25.0 Å². The maximum Gasteiger partial charge on any atom is 0.270 e. The van der Waals surface area contributed by atoms with Crippen LogP contribution in [-0.4, -0.2) is 41.0 Å². The van der Waals surface area contributed by atoms with E-state index in [9.17, 15) is 14.4 Å². The molecule has 9 heteroatoms. The summed E-state index contributed by atoms with van der Waals surface area (Å²) in [4.78, 5) is 37.9. The number of nitrogens with one attached hydrogen (secondary N) is 1. The van der Waals surface area contributed by atoms with Gasteiger partial charge in [-0.15, -0.1) is 5.10 Å². The first kappa shape index (κ1) is 20.9. The predicted octanol–water partition coefficient (Wildman–Crippen LogP) is 2.58. The fourth-order valence-electron chi connectivity index (χ4n) is 3.75. The number of para-hydroxylation sites is 1. The number of hydrogen-bond acceptors (Lipinski definition) is 6. The number of nitrogens with zero attached hydrogens (tertiary/aromatic N) is 3. The summed E-state index contributed by atoms with van der Waals surface area (Å²) in [6.07, 6.45) is 0. The minimum absolute atomic E-state index is 0.212. The summed E-state index contributed by atoms with van der Waals surface area (Å²) in [5, 5.41) is 8.21. The van der Waals surface area contributed by atoms with Gasteiger partial charge < -0.3 is 15.0 Å². The molecule has 1 spiro atoms. The van der Waals surface area contributed by atoms with Crippen molar-refractivity contribution in [3.05, 3.63) is 59.7 Å². The summed E-state index contributed by atoms with van der Waals surface area (Å²) >= 11 is 1.06. The summed E-state index contributed by atoms with van der Waals surface area (Å²) < 4.78 is 5.84. The SMILES string of the molecule is CC(=O)NC1=NN(C(C)=O)C2(S1)C(=O)N(CCOc1cccc(C)c1)c1ccccc12. The van der Waals surface area contributed by atoms with Crippen molar-refractivity contribution in [1.82, 2.24) is 10.3 Å². The van der Waals surface area contributed by atoms with Crippen LogP contribution in [0, 0.1) is 6.92 Å². The van der Waals surface area contributed by atoms with Gasteiger partial charge in [0.25, 0.3) is 5.91 Å². The number of anilines is 1. The lowest BCUT2D eigenvalue weighted by molar-refractivity contribution is -0.139. The molecule has 1 unspecified atom stereocenters. The van der Waals surface area contributed by atoms with Crippen molar-refractivity contribution < 1.29 is 19.1 Å². The van der Waals surface area contributed by atoms with Crippen LogP contribution in [0.4, 0.5) is 5.69 Å². The minimum Gasteiger partial charge on any atom is -0.492 e. The molecule has 160 valence electrons. The second kappa shape index (κ2) is 8.07. The molecule has 2 aliphatic heterocycles. The van der Waals surface area contributed by atoms with E-state index in [1.807, 2.05) is 55.5 Å². The molecule has 2 aromatic carbocycles. The quantitative estimate of drug-likeness (QED) is 0.792. The third-order valence-electron chi connectivity index (χ3n) is 4.98. The first-order valence-electron chi connectivity index (χ1n) is 9.80. The van der Waals surface area contributed by atoms with Crippen molar-refractivity contribution >= 4 is 40.3 Å². The molecule has 0 bridgehead atoms. The van der Waals surface area contributed by atoms with Gasteiger partial charge in [-0.2, -0.15) is 5.01 Å². The van der Waals surface area contributed by atoms with E-state index in [1.165, 1.54) is 13.8 Å². The van der Waals surface area contributed by atoms with E-state index in [2.05, 4.69) is 10.4 Å². The van der Waals surface area contributed by atoms with Crippen LogP contribution in [0.25, 0.3) is 0 Å². The van der Waals surface area contributed by atoms with Gasteiger partial charge in [0.05, 0.1) is 12.2 Å². The smallest absolute Gasteiger partial charge is 0.270 e. The van der Waals surface area contributed by atoms with Crippen LogP contribution in [-0.2, 0) is 19.3 Å². The van der Waals surface area contributed by atoms with Gasteiger partial charge in [-0.25, -0.2) is 0 Å². The largest absolute Gasteiger partial charge is 0.492 e. The number of rotatable bonds is 4. The normalized spacial score (nSPS) is 19.5. The van der Waals surface area contributed by atoms with E-state index in [-0.39, 0.29) is 23.6 Å². The standard InChI is InChI=1S/C22H22N4O4S/c1-14-7-6-8-17(13-14)30-12-11-25-19-10-5-4-9-18(19)22(20(25)29)26(16(3)28)24-21(31-22)23-15(2)27/h4-10,13H,11-12H2,1-3H3,(H,23,24,27). The van der Waals surface area contributed by atoms with Gasteiger partial charge in [0.2, 0.25) is 16.7 Å². The highest BCUT2D eigenvalue weighted by Gasteiger charge is 2.61. The Morgan fingerprint density at radius 3 is 2.65 bits per heavy atom. The van der Waals surface area contributed by atoms with Gasteiger partial charge in [-0.3, -0.25) is 14.4 Å². The molecule has 0 radical (unpaired) electrons. The number of amides is 3. The molecule has 2 aromatic rings. The molecular weight excluding hydrogens is 416 g/mol. The number of ether oxygens (including phenoxy) is 1. The van der Waals surface area contributed by atoms with Gasteiger partial charge in [0, 0.05) is 19.4 Å². The van der Waals surface area contributed by atoms with Crippen LogP contribution < -0.4 is 15.0 Å². The molecule has 31 heavy (non-hydrogen) atoms. The molecule has 8 nitrogen and oxygen atoms in total. The number of thioether (sulfide) groups is 1. The zero-order valence-corrected chi connectivity index (χ0v) is 18.2. The van der Waals surface area contributed by atoms with Crippen LogP contribution in [0.5, 0.6) is 5.75 Å². The zero-order chi connectivity index (χ0) is 22.2. The van der Waals surface area contributed by atoms with E-state index < -0.39 is 10.8 Å². The molecule has 3 amide bonds. The fraction of sp³-hybridized carbons (Fsp3) is 0.273. The highest BCUT2D eigenvalue weighted by molar-refractivity contribution is 8.15. The molecule has 2 aliphatic rings. The van der Waals surface area contributed by atoms with Gasteiger partial charge in [-0.1, -0.05) is 30.3 Å². The maximum atomic E-state index is 13.7. The van der Waals surface area contributed by atoms with Gasteiger partial charge in [0.1, 0.15) is 12.4 Å². The Kier molecular flexibility index (Phi) is 5.45. The summed E-state index contributed by atoms with van der Waals surface area (Å²) in [7, 11) is 0. The second-order valence-corrected chi connectivity index (χ2v) is 8.48. The number of hydrogen-bond donors (Lipinski definition) is 1. The average molecular weight is 439 g/mol. The van der Waals surface area contributed by atoms with E-state index in [0.717, 1.165) is 28.1 Å². The third-order valence-corrected chi connectivity index (χ3v) is 6.22. The number of fused-ring (bicyclic) bond motifs is 2. The Morgan fingerprint density at radius 2 is 1.94 bits per heavy atom. The van der Waals surface area contributed by atoms with E-state index >= 15 is 0 Å². The molecule has 0 fully saturated rings. The molecule has 0 saturated heterocycles. The van der Waals surface area contributed by atoms with E-state index in [1.54, 1.807) is 4.90 Å². The lowest BCUT2D eigenvalue weighted by Crippen LogP contribution is -2.49. The summed E-state index contributed by atoms with van der Waals surface area (Å²) in [6.45, 7) is 5.27. The van der Waals surface area contributed by atoms with Crippen molar-refractivity contribution in [2.45, 2.75) is 25.6 Å². The van der Waals surface area contributed by atoms with Crippen molar-refractivity contribution in [1.29, 1.82) is 0 Å². The minimum atomic E-state index is -1.39. The van der Waals surface area contributed by atoms with E-state index in [0.29, 0.717) is 17.8 Å². The number of benzene rings is 2. The van der Waals surface area contributed by atoms with Crippen molar-refractivity contribution in [2.75, 3.05) is 18.1 Å². The van der Waals surface area contributed by atoms with Crippen LogP contribution in [0.2, 0.25) is 0 Å². The monoisotopic (exact) mass is 438 g/mol. The molecule has 1 atom stereocenters. The van der Waals surface area contributed by atoms with Crippen LogP contribution in [0.15, 0.2) is 53.6 Å². The Labute approximate surface area is 184 Å². The van der Waals surface area contributed by atoms with Gasteiger partial charge in [0.15, 0.2) is 5.17 Å². The zero-order valence-electron chi connectivity index (χ0n) is 17.4. The lowest BCUT2D eigenvalue weighted by atomic mass is 10.1. The maximum absolute atomic E-state index is 13.7. The van der Waals surface area contributed by atoms with Crippen molar-refractivity contribution in [2.24, 2.45) is 5.10 Å². The summed E-state index contributed by atoms with van der Waals surface area (Å²) in [5.41, 5.74) is 2.43. The highest BCUT2D eigenvalue weighted by atomic mass is 32.2. The topological polar surface area (TPSA) is 91.3 Å². The number of carbonyl (C=O) groups is 3. The number of carbonyl (C=O) groups excluding carboxylic acids is 3. The first-order chi connectivity index (χ1) is 14.8. The Hall–Kier alpha value is -3.33. The Morgan fingerprint density at radius 1 is 1.16 bits per heavy atom. The molecule has 0 aromatic heterocycles. The Balaban J connectivity index is 1.63. The number of aryl methyl sites for hydroxylation is 1. The predicted molar refractivity (Wildman–Crippen MR) is 119 cm³/mol. The number of amidine groups is 1. The highest BCUT2D eigenvalue weighted by Crippen LogP contribution is 2.54. The molecule has 2 heterocycles. The summed E-state index contributed by atoms with van der Waals surface area (Å²) in [6, 6.07) is 15.0. The van der Waals surface area contributed by atoms with Crippen LogP contribution in [0.3, 0.4) is 0 Å². The fourth-order valence-corrected chi connectivity index (χ4v) is 5.08. The Bertz CT molecular complexity index is 1100. The molecule has 0 saturated carbocycles. The lowest BCUT2D eigenvalue weighted by Gasteiger charge is -2.29. The number of hydrazone groups is 1. The summed E-state index contributed by atoms with van der Waals surface area (Å²) in [5.74, 6) is -0.292. The van der Waals surface area contributed by atoms with Gasteiger partial charge in [-0.05, 0) is 42.4 Å². The molecule has 0 aliphatic carbocycles. The van der Waals surface area contributed by atoms with Gasteiger partial charge >= 0.3 is 0 Å². The molecule has 1 N–H and O–H groups in total. The average Bonchev–Trinajstić information content (AvgIpc) is 3.20. The van der Waals surface area contributed by atoms with Crippen LogP contribution >= 0.6 is 11.8 Å². The van der Waals surface area contributed by atoms with Crippen molar-refractivity contribution in [3.63, 3.8) is 0 Å². The molecule has 4 rings (SSSR count). The second-order valence-electron chi connectivity index (χ2n) is 7.30. The first-order valence-corrected chi connectivity index (χ1v) is 10.6. The molecular formula is C22H22N4O4S. The van der Waals surface area contributed by atoms with Crippen molar-refractivity contribution in [3.8, 4) is 5.75 Å². The third kappa shape index (κ3) is 3.65.